The van der Waals surface area contributed by atoms with Crippen LogP contribution < -0.4 is 4.74 Å². The zero-order valence-corrected chi connectivity index (χ0v) is 17.8. The van der Waals surface area contributed by atoms with E-state index in [1.54, 1.807) is 42.0 Å². The largest absolute Gasteiger partial charge is 0.473 e. The van der Waals surface area contributed by atoms with Gasteiger partial charge in [-0.25, -0.2) is 17.8 Å². The second-order valence-corrected chi connectivity index (χ2v) is 9.61. The van der Waals surface area contributed by atoms with E-state index < -0.39 is 9.84 Å². The van der Waals surface area contributed by atoms with Crippen molar-refractivity contribution in [2.24, 2.45) is 0 Å². The van der Waals surface area contributed by atoms with Crippen LogP contribution in [0.4, 0.5) is 4.39 Å². The summed E-state index contributed by atoms with van der Waals surface area (Å²) >= 11 is 0. The molecule has 0 N–H and O–H groups in total. The van der Waals surface area contributed by atoms with Crippen LogP contribution in [0.15, 0.2) is 47.1 Å². The fraction of sp³-hybridized carbons (Fsp3) is 0.238. The highest BCUT2D eigenvalue weighted by molar-refractivity contribution is 7.90. The number of aromatic nitrogens is 5. The molecule has 0 saturated heterocycles. The van der Waals surface area contributed by atoms with Crippen LogP contribution in [0.2, 0.25) is 0 Å². The quantitative estimate of drug-likeness (QED) is 0.451. The first-order valence-electron chi connectivity index (χ1n) is 9.82. The van der Waals surface area contributed by atoms with Gasteiger partial charge in [-0.1, -0.05) is 5.16 Å². The van der Waals surface area contributed by atoms with Gasteiger partial charge in [0.2, 0.25) is 5.88 Å². The van der Waals surface area contributed by atoms with Crippen molar-refractivity contribution in [2.45, 2.75) is 25.8 Å². The summed E-state index contributed by atoms with van der Waals surface area (Å²) < 4.78 is 49.7. The number of pyridine rings is 1. The number of ether oxygens (including phenoxy) is 1. The Morgan fingerprint density at radius 3 is 2.66 bits per heavy atom. The summed E-state index contributed by atoms with van der Waals surface area (Å²) in [7, 11) is -3.12. The lowest BCUT2D eigenvalue weighted by atomic mass is 10.1. The molecule has 32 heavy (non-hydrogen) atoms. The number of fused-ring (bicyclic) bond motifs is 1. The molecule has 164 valence electrons. The maximum Gasteiger partial charge on any atom is 0.213 e. The molecule has 1 aromatic carbocycles. The van der Waals surface area contributed by atoms with E-state index in [1.807, 2.05) is 0 Å². The first-order valence-corrected chi connectivity index (χ1v) is 11.6. The fourth-order valence-corrected chi connectivity index (χ4v) is 4.74. The minimum absolute atomic E-state index is 0.0636. The molecule has 0 fully saturated rings. The van der Waals surface area contributed by atoms with E-state index in [0.717, 1.165) is 11.1 Å². The maximum absolute atomic E-state index is 13.2. The van der Waals surface area contributed by atoms with Gasteiger partial charge in [0, 0.05) is 29.9 Å². The molecule has 0 radical (unpaired) electrons. The van der Waals surface area contributed by atoms with Crippen LogP contribution in [-0.4, -0.2) is 39.1 Å². The lowest BCUT2D eigenvalue weighted by molar-refractivity contribution is 0.290. The van der Waals surface area contributed by atoms with Gasteiger partial charge in [0.15, 0.2) is 15.7 Å². The second kappa shape index (κ2) is 7.83. The molecular weight excluding hydrogens is 437 g/mol. The zero-order chi connectivity index (χ0) is 22.3. The minimum Gasteiger partial charge on any atom is -0.473 e. The highest BCUT2D eigenvalue weighted by Gasteiger charge is 2.26. The van der Waals surface area contributed by atoms with E-state index in [0.29, 0.717) is 41.1 Å². The van der Waals surface area contributed by atoms with Gasteiger partial charge < -0.3 is 13.8 Å². The van der Waals surface area contributed by atoms with Crippen LogP contribution in [0.3, 0.4) is 0 Å². The minimum atomic E-state index is -3.12. The Morgan fingerprint density at radius 2 is 1.91 bits per heavy atom. The Bertz CT molecular complexity index is 1380. The summed E-state index contributed by atoms with van der Waals surface area (Å²) in [5.74, 6) is 1.63. The van der Waals surface area contributed by atoms with Gasteiger partial charge in [-0.3, -0.25) is 0 Å². The Hall–Kier alpha value is -3.60. The highest BCUT2D eigenvalue weighted by Crippen LogP contribution is 2.27. The molecule has 4 heterocycles. The van der Waals surface area contributed by atoms with Gasteiger partial charge in [-0.15, -0.1) is 10.2 Å². The fourth-order valence-electron chi connectivity index (χ4n) is 3.53. The molecule has 0 atom stereocenters. The van der Waals surface area contributed by atoms with Crippen molar-refractivity contribution < 1.29 is 22.1 Å². The van der Waals surface area contributed by atoms with Crippen LogP contribution in [-0.2, 0) is 28.7 Å². The predicted molar refractivity (Wildman–Crippen MR) is 112 cm³/mol. The van der Waals surface area contributed by atoms with Gasteiger partial charge in [0.25, 0.3) is 0 Å². The third-order valence-electron chi connectivity index (χ3n) is 5.26. The molecule has 0 spiro atoms. The summed E-state index contributed by atoms with van der Waals surface area (Å²) in [6, 6.07) is 9.49. The molecule has 1 aliphatic heterocycles. The highest BCUT2D eigenvalue weighted by atomic mass is 32.2. The number of rotatable bonds is 5. The number of hydrogen-bond donors (Lipinski definition) is 0. The van der Waals surface area contributed by atoms with Crippen molar-refractivity contribution in [2.75, 3.05) is 5.75 Å². The molecule has 0 amide bonds. The molecule has 0 saturated carbocycles. The summed E-state index contributed by atoms with van der Waals surface area (Å²) in [6.45, 7) is 2.27. The molecule has 9 nitrogen and oxygen atoms in total. The number of aryl methyl sites for hydroxylation is 1. The lowest BCUT2D eigenvalue weighted by Crippen LogP contribution is -2.24. The molecule has 11 heteroatoms. The first kappa shape index (κ1) is 20.3. The number of halogens is 1. The van der Waals surface area contributed by atoms with Crippen molar-refractivity contribution >= 4 is 9.84 Å². The van der Waals surface area contributed by atoms with E-state index in [-0.39, 0.29) is 23.9 Å². The summed E-state index contributed by atoms with van der Waals surface area (Å²) in [5, 5.41) is 12.2. The van der Waals surface area contributed by atoms with Crippen LogP contribution in [0.5, 0.6) is 5.88 Å². The molecular formula is C21H18FN5O4S. The SMILES string of the molecule is Cc1onc(-c2ccc(F)cc2)c1COc1ccc(-c2nnc3n2CCS(=O)(=O)C3)cn1. The van der Waals surface area contributed by atoms with E-state index in [4.69, 9.17) is 9.26 Å². The van der Waals surface area contributed by atoms with Gasteiger partial charge in [0.1, 0.15) is 35.5 Å². The first-order chi connectivity index (χ1) is 15.4. The van der Waals surface area contributed by atoms with Crippen LogP contribution >= 0.6 is 0 Å². The van der Waals surface area contributed by atoms with Gasteiger partial charge >= 0.3 is 0 Å². The summed E-state index contributed by atoms with van der Waals surface area (Å²) in [4.78, 5) is 4.33. The van der Waals surface area contributed by atoms with Gasteiger partial charge in [0.05, 0.1) is 11.3 Å². The number of hydrogen-bond acceptors (Lipinski definition) is 8. The standard InChI is InChI=1S/C21H18FN5O4S/c1-13-17(20(26-31-13)14-2-5-16(22)6-3-14)11-30-19-7-4-15(10-23-19)21-25-24-18-12-32(28,29)9-8-27(18)21/h2-7,10H,8-9,11-12H2,1H3. The molecule has 1 aliphatic rings. The second-order valence-electron chi connectivity index (χ2n) is 7.43. The third kappa shape index (κ3) is 3.86. The third-order valence-corrected chi connectivity index (χ3v) is 6.77. The van der Waals surface area contributed by atoms with E-state index in [1.165, 1.54) is 12.1 Å². The van der Waals surface area contributed by atoms with Crippen molar-refractivity contribution in [3.8, 4) is 28.5 Å². The maximum atomic E-state index is 13.2. The van der Waals surface area contributed by atoms with Crippen molar-refractivity contribution in [3.63, 3.8) is 0 Å². The monoisotopic (exact) mass is 455 g/mol. The molecule has 0 aliphatic carbocycles. The summed E-state index contributed by atoms with van der Waals surface area (Å²) in [5.41, 5.74) is 2.77. The van der Waals surface area contributed by atoms with E-state index >= 15 is 0 Å². The Morgan fingerprint density at radius 1 is 1.12 bits per heavy atom. The number of nitrogens with zero attached hydrogens (tertiary/aromatic N) is 5. The molecule has 0 unspecified atom stereocenters. The molecule has 3 aromatic heterocycles. The van der Waals surface area contributed by atoms with Crippen LogP contribution in [0.1, 0.15) is 17.1 Å². The van der Waals surface area contributed by atoms with Gasteiger partial charge in [-0.05, 0) is 37.3 Å². The Balaban J connectivity index is 1.33. The lowest BCUT2D eigenvalue weighted by Gasteiger charge is -2.15. The zero-order valence-electron chi connectivity index (χ0n) is 17.0. The normalized spacial score (nSPS) is 14.8. The van der Waals surface area contributed by atoms with Gasteiger partial charge in [-0.2, -0.15) is 0 Å². The van der Waals surface area contributed by atoms with Crippen LogP contribution in [0, 0.1) is 12.7 Å². The van der Waals surface area contributed by atoms with Crippen molar-refractivity contribution in [3.05, 3.63) is 65.6 Å². The average molecular weight is 455 g/mol. The Labute approximate surface area is 182 Å². The van der Waals surface area contributed by atoms with Crippen molar-refractivity contribution in [1.29, 1.82) is 0 Å². The van der Waals surface area contributed by atoms with E-state index in [9.17, 15) is 12.8 Å². The summed E-state index contributed by atoms with van der Waals surface area (Å²) in [6.07, 6.45) is 1.61. The molecule has 0 bridgehead atoms. The van der Waals surface area contributed by atoms with E-state index in [2.05, 4.69) is 20.3 Å². The van der Waals surface area contributed by atoms with Crippen LogP contribution in [0.25, 0.3) is 22.6 Å². The topological polar surface area (TPSA) is 113 Å². The Kier molecular flexibility index (Phi) is 4.97. The average Bonchev–Trinajstić information content (AvgIpc) is 3.35. The van der Waals surface area contributed by atoms with Crippen molar-refractivity contribution in [1.82, 2.24) is 24.9 Å². The smallest absolute Gasteiger partial charge is 0.213 e. The molecule has 5 rings (SSSR count). The predicted octanol–water partition coefficient (Wildman–Crippen LogP) is 2.95. The number of benzene rings is 1. The molecule has 4 aromatic rings. The number of sulfone groups is 1.